The molecule has 0 aliphatic rings. The molecule has 0 aliphatic carbocycles. The van der Waals surface area contributed by atoms with Gasteiger partial charge in [0.1, 0.15) is 5.69 Å². The minimum absolute atomic E-state index is 0.0862. The lowest BCUT2D eigenvalue weighted by molar-refractivity contribution is 0.0938. The summed E-state index contributed by atoms with van der Waals surface area (Å²) < 4.78 is 0. The first kappa shape index (κ1) is 13.5. The molecule has 98 valence electrons. The number of aromatic nitrogens is 3. The van der Waals surface area contributed by atoms with Crippen LogP contribution in [0, 0.1) is 0 Å². The van der Waals surface area contributed by atoms with Crippen molar-refractivity contribution in [3.05, 3.63) is 42.5 Å². The molecule has 0 atom stereocenters. The van der Waals surface area contributed by atoms with Crippen molar-refractivity contribution in [3.63, 3.8) is 0 Å². The van der Waals surface area contributed by atoms with E-state index in [-0.39, 0.29) is 11.9 Å². The maximum Gasteiger partial charge on any atom is 0.270 e. The molecule has 0 fully saturated rings. The van der Waals surface area contributed by atoms with Gasteiger partial charge in [0.25, 0.3) is 5.91 Å². The fraction of sp³-hybridized carbons (Fsp3) is 0.231. The van der Waals surface area contributed by atoms with Crippen LogP contribution in [0.5, 0.6) is 0 Å². The second kappa shape index (κ2) is 6.29. The fourth-order valence-corrected chi connectivity index (χ4v) is 2.12. The Morgan fingerprint density at radius 3 is 2.63 bits per heavy atom. The summed E-state index contributed by atoms with van der Waals surface area (Å²) in [5, 5.41) is 3.45. The molecule has 1 amide bonds. The van der Waals surface area contributed by atoms with Crippen molar-refractivity contribution in [1.82, 2.24) is 20.3 Å². The maximum absolute atomic E-state index is 11.8. The summed E-state index contributed by atoms with van der Waals surface area (Å²) in [7, 11) is 0. The van der Waals surface area contributed by atoms with Crippen LogP contribution < -0.4 is 5.32 Å². The van der Waals surface area contributed by atoms with Gasteiger partial charge in [0.2, 0.25) is 0 Å². The predicted octanol–water partition coefficient (Wildman–Crippen LogP) is 2.16. The molecule has 5 nitrogen and oxygen atoms in total. The normalized spacial score (nSPS) is 10.5. The van der Waals surface area contributed by atoms with Crippen molar-refractivity contribution >= 4 is 17.7 Å². The average molecular weight is 274 g/mol. The lowest BCUT2D eigenvalue weighted by atomic mass is 10.3. The Morgan fingerprint density at radius 1 is 1.21 bits per heavy atom. The molecule has 2 heterocycles. The lowest BCUT2D eigenvalue weighted by Gasteiger charge is -2.08. The third-order valence-corrected chi connectivity index (χ3v) is 3.02. The van der Waals surface area contributed by atoms with Crippen LogP contribution in [0.15, 0.2) is 46.8 Å². The van der Waals surface area contributed by atoms with Crippen LogP contribution in [0.1, 0.15) is 24.3 Å². The lowest BCUT2D eigenvalue weighted by Crippen LogP contribution is -2.30. The first-order valence-corrected chi connectivity index (χ1v) is 6.68. The Kier molecular flexibility index (Phi) is 4.46. The molecule has 0 aromatic carbocycles. The molecular weight excluding hydrogens is 260 g/mol. The highest BCUT2D eigenvalue weighted by atomic mass is 32.2. The monoisotopic (exact) mass is 274 g/mol. The first-order chi connectivity index (χ1) is 9.15. The number of pyridine rings is 1. The van der Waals surface area contributed by atoms with E-state index in [1.807, 2.05) is 19.9 Å². The highest BCUT2D eigenvalue weighted by molar-refractivity contribution is 7.99. The van der Waals surface area contributed by atoms with Gasteiger partial charge in [-0.2, -0.15) is 0 Å². The van der Waals surface area contributed by atoms with E-state index >= 15 is 0 Å². The van der Waals surface area contributed by atoms with Crippen LogP contribution in [0.2, 0.25) is 0 Å². The van der Waals surface area contributed by atoms with Crippen LogP contribution in [0.3, 0.4) is 0 Å². The van der Waals surface area contributed by atoms with Crippen molar-refractivity contribution in [1.29, 1.82) is 0 Å². The number of hydrogen-bond donors (Lipinski definition) is 1. The Bertz CT molecular complexity index is 560. The standard InChI is InChI=1S/C13H14N4OS/c1-9(2)17-12(18)11-8-10(4-7-14-11)19-13-15-5-3-6-16-13/h3-9H,1-2H3,(H,17,18). The minimum atomic E-state index is -0.175. The van der Waals surface area contributed by atoms with E-state index < -0.39 is 0 Å². The van der Waals surface area contributed by atoms with E-state index in [4.69, 9.17) is 0 Å². The van der Waals surface area contributed by atoms with E-state index in [0.29, 0.717) is 10.9 Å². The van der Waals surface area contributed by atoms with E-state index in [9.17, 15) is 4.79 Å². The van der Waals surface area contributed by atoms with Crippen LogP contribution in [-0.4, -0.2) is 26.9 Å². The number of rotatable bonds is 4. The molecule has 1 N–H and O–H groups in total. The molecule has 0 unspecified atom stereocenters. The van der Waals surface area contributed by atoms with E-state index in [1.54, 1.807) is 30.7 Å². The molecule has 0 bridgehead atoms. The van der Waals surface area contributed by atoms with Crippen LogP contribution in [0.4, 0.5) is 0 Å². The van der Waals surface area contributed by atoms with Crippen molar-refractivity contribution in [3.8, 4) is 0 Å². The zero-order valence-electron chi connectivity index (χ0n) is 10.7. The van der Waals surface area contributed by atoms with E-state index in [2.05, 4.69) is 20.3 Å². The SMILES string of the molecule is CC(C)NC(=O)c1cc(Sc2ncccn2)ccn1. The van der Waals surface area contributed by atoms with Crippen LogP contribution in [-0.2, 0) is 0 Å². The first-order valence-electron chi connectivity index (χ1n) is 5.87. The minimum Gasteiger partial charge on any atom is -0.349 e. The highest BCUT2D eigenvalue weighted by Gasteiger charge is 2.09. The molecule has 2 aromatic rings. The van der Waals surface area contributed by atoms with Gasteiger partial charge >= 0.3 is 0 Å². The topological polar surface area (TPSA) is 67.8 Å². The van der Waals surface area contributed by atoms with Crippen molar-refractivity contribution in [2.45, 2.75) is 29.9 Å². The molecule has 2 rings (SSSR count). The van der Waals surface area contributed by atoms with Gasteiger partial charge in [-0.3, -0.25) is 9.78 Å². The van der Waals surface area contributed by atoms with Crippen molar-refractivity contribution < 1.29 is 4.79 Å². The molecule has 0 saturated heterocycles. The smallest absolute Gasteiger partial charge is 0.270 e. The molecule has 2 aromatic heterocycles. The van der Waals surface area contributed by atoms with Gasteiger partial charge < -0.3 is 5.32 Å². The van der Waals surface area contributed by atoms with Gasteiger partial charge in [0, 0.05) is 29.5 Å². The Morgan fingerprint density at radius 2 is 1.95 bits per heavy atom. The molecule has 6 heteroatoms. The van der Waals surface area contributed by atoms with E-state index in [0.717, 1.165) is 4.90 Å². The fourth-order valence-electron chi connectivity index (χ4n) is 1.38. The van der Waals surface area contributed by atoms with Gasteiger partial charge in [-0.1, -0.05) is 0 Å². The third kappa shape index (κ3) is 4.03. The van der Waals surface area contributed by atoms with Crippen LogP contribution >= 0.6 is 11.8 Å². The molecule has 19 heavy (non-hydrogen) atoms. The molecule has 0 radical (unpaired) electrons. The Balaban J connectivity index is 2.13. The number of nitrogens with one attached hydrogen (secondary N) is 1. The quantitative estimate of drug-likeness (QED) is 0.865. The number of nitrogens with zero attached hydrogens (tertiary/aromatic N) is 3. The van der Waals surface area contributed by atoms with Gasteiger partial charge in [-0.05, 0) is 43.8 Å². The zero-order chi connectivity index (χ0) is 13.7. The Hall–Kier alpha value is -1.95. The molecule has 0 aliphatic heterocycles. The number of carbonyl (C=O) groups excluding carboxylic acids is 1. The summed E-state index contributed by atoms with van der Waals surface area (Å²) in [4.78, 5) is 25.1. The predicted molar refractivity (Wildman–Crippen MR) is 73.0 cm³/mol. The summed E-state index contributed by atoms with van der Waals surface area (Å²) in [5.41, 5.74) is 0.398. The number of hydrogen-bond acceptors (Lipinski definition) is 5. The number of carbonyl (C=O) groups is 1. The van der Waals surface area contributed by atoms with Crippen LogP contribution in [0.25, 0.3) is 0 Å². The summed E-state index contributed by atoms with van der Waals surface area (Å²) in [5.74, 6) is -0.175. The summed E-state index contributed by atoms with van der Waals surface area (Å²) in [6.07, 6.45) is 4.98. The maximum atomic E-state index is 11.8. The Labute approximate surface area is 115 Å². The summed E-state index contributed by atoms with van der Waals surface area (Å²) in [6, 6.07) is 5.41. The van der Waals surface area contributed by atoms with Gasteiger partial charge in [0.05, 0.1) is 0 Å². The second-order valence-electron chi connectivity index (χ2n) is 4.14. The van der Waals surface area contributed by atoms with Crippen molar-refractivity contribution in [2.75, 3.05) is 0 Å². The van der Waals surface area contributed by atoms with E-state index in [1.165, 1.54) is 11.8 Å². The highest BCUT2D eigenvalue weighted by Crippen LogP contribution is 2.23. The van der Waals surface area contributed by atoms with Gasteiger partial charge in [-0.15, -0.1) is 0 Å². The van der Waals surface area contributed by atoms with Gasteiger partial charge in [0.15, 0.2) is 5.16 Å². The molecule has 0 spiro atoms. The third-order valence-electron chi connectivity index (χ3n) is 2.14. The van der Waals surface area contributed by atoms with Crippen molar-refractivity contribution in [2.24, 2.45) is 0 Å². The zero-order valence-corrected chi connectivity index (χ0v) is 11.5. The molecular formula is C13H14N4OS. The summed E-state index contributed by atoms with van der Waals surface area (Å²) >= 11 is 1.40. The second-order valence-corrected chi connectivity index (χ2v) is 5.18. The van der Waals surface area contributed by atoms with Gasteiger partial charge in [-0.25, -0.2) is 9.97 Å². The number of amides is 1. The molecule has 0 saturated carbocycles. The summed E-state index contributed by atoms with van der Waals surface area (Å²) in [6.45, 7) is 3.82. The average Bonchev–Trinajstić information content (AvgIpc) is 2.39. The largest absolute Gasteiger partial charge is 0.349 e.